The Morgan fingerprint density at radius 1 is 1.18 bits per heavy atom. The number of aliphatic hydroxyl groups is 2. The van der Waals surface area contributed by atoms with Crippen LogP contribution in [0.2, 0.25) is 0 Å². The Morgan fingerprint density at radius 2 is 1.97 bits per heavy atom. The number of fused-ring (bicyclic) bond motifs is 2. The number of nitrogens with zero attached hydrogens (tertiary/aromatic N) is 2. The van der Waals surface area contributed by atoms with Crippen molar-refractivity contribution in [2.24, 2.45) is 0 Å². The average Bonchev–Trinajstić information content (AvgIpc) is 3.36. The van der Waals surface area contributed by atoms with E-state index >= 15 is 0 Å². The zero-order valence-corrected chi connectivity index (χ0v) is 18.0. The summed E-state index contributed by atoms with van der Waals surface area (Å²) in [6.45, 7) is -0.382. The largest absolute Gasteiger partial charge is 0.390 e. The molecule has 9 heteroatoms. The Bertz CT molecular complexity index is 1300. The first kappa shape index (κ1) is 22.0. The SMILES string of the molecule is N#Cc1cc(F)cc2c1[C@@H](c1ccc(-c3scnc3CO)c3c1CC(F)(F)[C@H]3O)CC[C@@H]2F. The van der Waals surface area contributed by atoms with Crippen molar-refractivity contribution in [3.05, 3.63) is 74.7 Å². The summed E-state index contributed by atoms with van der Waals surface area (Å²) in [6.07, 6.45) is -3.91. The quantitative estimate of drug-likeness (QED) is 0.494. The highest BCUT2D eigenvalue weighted by Gasteiger charge is 2.50. The molecule has 1 aromatic heterocycles. The third-order valence-corrected chi connectivity index (χ3v) is 7.48. The van der Waals surface area contributed by atoms with E-state index in [4.69, 9.17) is 0 Å². The number of rotatable bonds is 3. The van der Waals surface area contributed by atoms with Gasteiger partial charge in [0.15, 0.2) is 0 Å². The molecule has 2 aromatic carbocycles. The van der Waals surface area contributed by atoms with Gasteiger partial charge in [-0.1, -0.05) is 12.1 Å². The standard InChI is InChI=1S/C24H18F4N2O2S/c25-12-5-11(8-29)20-14(3-4-18(26)16(20)6-12)13-1-2-15(22-19(9-31)30-10-33-22)21-17(13)7-24(27,28)23(21)32/h1-2,5-6,10,14,18,23,31-32H,3-4,7,9H2/t14-,18+,23+/m1/s1. The van der Waals surface area contributed by atoms with Crippen molar-refractivity contribution in [2.75, 3.05) is 0 Å². The summed E-state index contributed by atoms with van der Waals surface area (Å²) in [5, 5.41) is 29.7. The molecule has 0 aliphatic heterocycles. The molecule has 0 saturated heterocycles. The lowest BCUT2D eigenvalue weighted by Gasteiger charge is -2.31. The van der Waals surface area contributed by atoms with Crippen molar-refractivity contribution in [3.63, 3.8) is 0 Å². The maximum absolute atomic E-state index is 14.8. The van der Waals surface area contributed by atoms with Crippen LogP contribution < -0.4 is 0 Å². The van der Waals surface area contributed by atoms with Crippen molar-refractivity contribution < 1.29 is 27.8 Å². The molecule has 2 aliphatic carbocycles. The molecule has 1 heterocycles. The molecule has 3 atom stereocenters. The minimum absolute atomic E-state index is 0.0227. The second kappa shape index (κ2) is 7.90. The number of benzene rings is 2. The van der Waals surface area contributed by atoms with Crippen LogP contribution in [0.1, 0.15) is 70.1 Å². The second-order valence-electron chi connectivity index (χ2n) is 8.39. The van der Waals surface area contributed by atoms with Crippen molar-refractivity contribution in [1.82, 2.24) is 4.98 Å². The average molecular weight is 474 g/mol. The van der Waals surface area contributed by atoms with Gasteiger partial charge in [-0.3, -0.25) is 0 Å². The number of thiazole rings is 1. The molecule has 5 rings (SSSR count). The summed E-state index contributed by atoms with van der Waals surface area (Å²) in [5.74, 6) is -4.74. The van der Waals surface area contributed by atoms with Gasteiger partial charge in [0.25, 0.3) is 5.92 Å². The van der Waals surface area contributed by atoms with Crippen molar-refractivity contribution in [3.8, 4) is 16.5 Å². The van der Waals surface area contributed by atoms with Gasteiger partial charge in [0.05, 0.1) is 34.3 Å². The smallest absolute Gasteiger partial charge is 0.281 e. The fraction of sp³-hybridized carbons (Fsp3) is 0.333. The predicted molar refractivity (Wildman–Crippen MR) is 113 cm³/mol. The Labute approximate surface area is 190 Å². The molecule has 0 spiro atoms. The van der Waals surface area contributed by atoms with Gasteiger partial charge in [0, 0.05) is 12.3 Å². The molecule has 0 unspecified atom stereocenters. The fourth-order valence-corrected chi connectivity index (χ4v) is 6.01. The van der Waals surface area contributed by atoms with Gasteiger partial charge in [-0.2, -0.15) is 5.26 Å². The Kier molecular flexibility index (Phi) is 5.27. The number of hydrogen-bond acceptors (Lipinski definition) is 5. The topological polar surface area (TPSA) is 77.1 Å². The first-order chi connectivity index (χ1) is 15.8. The van der Waals surface area contributed by atoms with E-state index in [9.17, 15) is 33.0 Å². The highest BCUT2D eigenvalue weighted by atomic mass is 32.1. The molecule has 0 radical (unpaired) electrons. The van der Waals surface area contributed by atoms with E-state index in [1.54, 1.807) is 12.1 Å². The monoisotopic (exact) mass is 474 g/mol. The zero-order valence-electron chi connectivity index (χ0n) is 17.2. The fourth-order valence-electron chi connectivity index (χ4n) is 5.16. The predicted octanol–water partition coefficient (Wildman–Crippen LogP) is 5.47. The normalized spacial score (nSPS) is 23.1. The number of aromatic nitrogens is 1. The minimum atomic E-state index is -3.42. The Hall–Kier alpha value is -2.80. The Morgan fingerprint density at radius 3 is 2.70 bits per heavy atom. The van der Waals surface area contributed by atoms with Gasteiger partial charge in [-0.05, 0) is 58.4 Å². The van der Waals surface area contributed by atoms with Crippen LogP contribution in [0, 0.1) is 17.1 Å². The third kappa shape index (κ3) is 3.36. The summed E-state index contributed by atoms with van der Waals surface area (Å²) < 4.78 is 58.2. The molecule has 3 aromatic rings. The maximum atomic E-state index is 14.8. The van der Waals surface area contributed by atoms with Crippen LogP contribution in [-0.4, -0.2) is 21.1 Å². The molecular formula is C24H18F4N2O2S. The van der Waals surface area contributed by atoms with Crippen LogP contribution in [0.5, 0.6) is 0 Å². The molecule has 0 fully saturated rings. The number of nitriles is 1. The van der Waals surface area contributed by atoms with E-state index < -0.39 is 36.4 Å². The maximum Gasteiger partial charge on any atom is 0.281 e. The minimum Gasteiger partial charge on any atom is -0.390 e. The van der Waals surface area contributed by atoms with E-state index in [0.29, 0.717) is 27.3 Å². The first-order valence-corrected chi connectivity index (χ1v) is 11.3. The molecular weight excluding hydrogens is 456 g/mol. The highest BCUT2D eigenvalue weighted by molar-refractivity contribution is 7.13. The van der Waals surface area contributed by atoms with Crippen molar-refractivity contribution in [1.29, 1.82) is 5.26 Å². The number of aliphatic hydroxyl groups excluding tert-OH is 2. The van der Waals surface area contributed by atoms with Gasteiger partial charge in [0.2, 0.25) is 0 Å². The number of hydrogen-bond donors (Lipinski definition) is 2. The molecule has 33 heavy (non-hydrogen) atoms. The Balaban J connectivity index is 1.75. The van der Waals surface area contributed by atoms with E-state index in [-0.39, 0.29) is 41.7 Å². The van der Waals surface area contributed by atoms with E-state index in [1.165, 1.54) is 16.8 Å². The van der Waals surface area contributed by atoms with E-state index in [2.05, 4.69) is 4.98 Å². The molecule has 0 bridgehead atoms. The summed E-state index contributed by atoms with van der Waals surface area (Å²) in [5.41, 5.74) is 3.30. The molecule has 170 valence electrons. The van der Waals surface area contributed by atoms with Gasteiger partial charge in [-0.15, -0.1) is 11.3 Å². The van der Waals surface area contributed by atoms with Crippen LogP contribution >= 0.6 is 11.3 Å². The van der Waals surface area contributed by atoms with Crippen LogP contribution in [0.4, 0.5) is 17.6 Å². The molecule has 4 nitrogen and oxygen atoms in total. The third-order valence-electron chi connectivity index (χ3n) is 6.58. The van der Waals surface area contributed by atoms with Crippen LogP contribution in [-0.2, 0) is 13.0 Å². The lowest BCUT2D eigenvalue weighted by molar-refractivity contribution is -0.0966. The summed E-state index contributed by atoms with van der Waals surface area (Å²) in [4.78, 5) is 4.56. The molecule has 2 aliphatic rings. The van der Waals surface area contributed by atoms with Gasteiger partial charge in [0.1, 0.15) is 18.1 Å². The first-order valence-electron chi connectivity index (χ1n) is 10.4. The molecule has 0 amide bonds. The zero-order chi connectivity index (χ0) is 23.5. The number of alkyl halides is 3. The summed E-state index contributed by atoms with van der Waals surface area (Å²) >= 11 is 1.17. The highest BCUT2D eigenvalue weighted by Crippen LogP contribution is 2.53. The van der Waals surface area contributed by atoms with Crippen LogP contribution in [0.15, 0.2) is 29.8 Å². The number of halogens is 4. The van der Waals surface area contributed by atoms with E-state index in [0.717, 1.165) is 12.1 Å². The van der Waals surface area contributed by atoms with Crippen molar-refractivity contribution >= 4 is 11.3 Å². The van der Waals surface area contributed by atoms with Gasteiger partial charge >= 0.3 is 0 Å². The van der Waals surface area contributed by atoms with Gasteiger partial charge in [-0.25, -0.2) is 22.5 Å². The van der Waals surface area contributed by atoms with E-state index in [1.807, 2.05) is 6.07 Å². The lowest BCUT2D eigenvalue weighted by Crippen LogP contribution is -2.22. The van der Waals surface area contributed by atoms with Crippen LogP contribution in [0.3, 0.4) is 0 Å². The van der Waals surface area contributed by atoms with Gasteiger partial charge < -0.3 is 10.2 Å². The van der Waals surface area contributed by atoms with Crippen LogP contribution in [0.25, 0.3) is 10.4 Å². The molecule has 2 N–H and O–H groups in total. The second-order valence-corrected chi connectivity index (χ2v) is 9.24. The summed E-state index contributed by atoms with van der Waals surface area (Å²) in [7, 11) is 0. The molecule has 0 saturated carbocycles. The summed E-state index contributed by atoms with van der Waals surface area (Å²) in [6, 6.07) is 7.27. The lowest BCUT2D eigenvalue weighted by atomic mass is 9.74. The van der Waals surface area contributed by atoms with Crippen molar-refractivity contribution in [2.45, 2.75) is 50.0 Å².